The Balaban J connectivity index is 1.69. The van der Waals surface area contributed by atoms with Gasteiger partial charge in [0.15, 0.2) is 17.4 Å². The van der Waals surface area contributed by atoms with Gasteiger partial charge in [-0.25, -0.2) is 8.78 Å². The summed E-state index contributed by atoms with van der Waals surface area (Å²) >= 11 is 0. The van der Waals surface area contributed by atoms with Crippen molar-refractivity contribution in [3.8, 4) is 5.75 Å². The Morgan fingerprint density at radius 1 is 1.14 bits per heavy atom. The van der Waals surface area contributed by atoms with Gasteiger partial charge in [0, 0.05) is 13.1 Å². The Labute approximate surface area is 160 Å². The van der Waals surface area contributed by atoms with Crippen LogP contribution in [0.1, 0.15) is 17.5 Å². The van der Waals surface area contributed by atoms with Crippen LogP contribution < -0.4 is 10.1 Å². The van der Waals surface area contributed by atoms with Crippen LogP contribution in [0.3, 0.4) is 0 Å². The van der Waals surface area contributed by atoms with Gasteiger partial charge in [0.25, 0.3) is 0 Å². The molecule has 0 saturated heterocycles. The van der Waals surface area contributed by atoms with Crippen LogP contribution in [-0.4, -0.2) is 30.8 Å². The van der Waals surface area contributed by atoms with Crippen LogP contribution in [0, 0.1) is 23.4 Å². The van der Waals surface area contributed by atoms with E-state index in [9.17, 15) is 23.1 Å². The summed E-state index contributed by atoms with van der Waals surface area (Å²) in [5.41, 5.74) is 2.52. The summed E-state index contributed by atoms with van der Waals surface area (Å²) in [5, 5.41) is 12.5. The number of hydrogen-bond donors (Lipinski definition) is 2. The van der Waals surface area contributed by atoms with E-state index in [4.69, 9.17) is 4.74 Å². The van der Waals surface area contributed by atoms with Crippen molar-refractivity contribution in [2.24, 2.45) is 5.92 Å². The summed E-state index contributed by atoms with van der Waals surface area (Å²) in [4.78, 5) is 11.6. The summed E-state index contributed by atoms with van der Waals surface area (Å²) in [7, 11) is 0. The zero-order chi connectivity index (χ0) is 20.1. The molecule has 3 rings (SSSR count). The Morgan fingerprint density at radius 3 is 2.68 bits per heavy atom. The number of ether oxygens (including phenoxy) is 1. The minimum atomic E-state index is -1.34. The summed E-state index contributed by atoms with van der Waals surface area (Å²) in [6.07, 6.45) is 2.82. The van der Waals surface area contributed by atoms with E-state index in [2.05, 4.69) is 5.32 Å². The van der Waals surface area contributed by atoms with Crippen molar-refractivity contribution in [3.63, 3.8) is 0 Å². The zero-order valence-corrected chi connectivity index (χ0v) is 15.1. The van der Waals surface area contributed by atoms with Gasteiger partial charge in [0.2, 0.25) is 5.82 Å². The summed E-state index contributed by atoms with van der Waals surface area (Å²) in [6.45, 7) is 0.944. The van der Waals surface area contributed by atoms with Crippen molar-refractivity contribution in [2.75, 3.05) is 19.7 Å². The highest BCUT2D eigenvalue weighted by Gasteiger charge is 2.26. The number of carbonyl (C=O) groups is 1. The lowest BCUT2D eigenvalue weighted by Crippen LogP contribution is -2.33. The molecule has 0 amide bonds. The fraction of sp³-hybridized carbons (Fsp3) is 0.286. The number of nitrogens with one attached hydrogen (secondary N) is 1. The van der Waals surface area contributed by atoms with Gasteiger partial charge in [-0.15, -0.1) is 0 Å². The number of benzene rings is 2. The van der Waals surface area contributed by atoms with Gasteiger partial charge in [-0.05, 0) is 41.7 Å². The predicted octanol–water partition coefficient (Wildman–Crippen LogP) is 3.80. The molecule has 2 aromatic rings. The number of carboxylic acid groups (broad SMARTS) is 1. The second-order valence-electron chi connectivity index (χ2n) is 6.49. The fourth-order valence-corrected chi connectivity index (χ4v) is 3.28. The minimum absolute atomic E-state index is 0.00537. The Bertz CT molecular complexity index is 898. The quantitative estimate of drug-likeness (QED) is 0.557. The van der Waals surface area contributed by atoms with Gasteiger partial charge >= 0.3 is 5.97 Å². The Hall–Kier alpha value is -2.80. The molecule has 1 unspecified atom stereocenters. The topological polar surface area (TPSA) is 58.6 Å². The average molecular weight is 391 g/mol. The first kappa shape index (κ1) is 19.9. The highest BCUT2D eigenvalue weighted by molar-refractivity contribution is 5.89. The molecule has 0 saturated carbocycles. The van der Waals surface area contributed by atoms with Gasteiger partial charge in [-0.3, -0.25) is 4.79 Å². The molecule has 0 radical (unpaired) electrons. The van der Waals surface area contributed by atoms with Crippen LogP contribution >= 0.6 is 0 Å². The monoisotopic (exact) mass is 391 g/mol. The number of aliphatic carboxylic acids is 1. The average Bonchev–Trinajstić information content (AvgIpc) is 2.70. The second-order valence-corrected chi connectivity index (χ2v) is 6.49. The van der Waals surface area contributed by atoms with Crippen molar-refractivity contribution in [3.05, 3.63) is 71.1 Å². The third-order valence-electron chi connectivity index (χ3n) is 4.66. The fourth-order valence-electron chi connectivity index (χ4n) is 3.28. The maximum absolute atomic E-state index is 13.6. The highest BCUT2D eigenvalue weighted by Crippen LogP contribution is 2.29. The lowest BCUT2D eigenvalue weighted by molar-refractivity contribution is -0.139. The number of hydrogen-bond acceptors (Lipinski definition) is 3. The second kappa shape index (κ2) is 8.93. The first-order chi connectivity index (χ1) is 13.5. The van der Waals surface area contributed by atoms with Gasteiger partial charge in [-0.1, -0.05) is 30.3 Å². The van der Waals surface area contributed by atoms with Crippen LogP contribution in [0.5, 0.6) is 5.75 Å². The van der Waals surface area contributed by atoms with Gasteiger partial charge in [-0.2, -0.15) is 4.39 Å². The molecule has 148 valence electrons. The molecule has 1 heterocycles. The molecule has 1 aliphatic rings. The van der Waals surface area contributed by atoms with E-state index in [0.29, 0.717) is 32.0 Å². The van der Waals surface area contributed by atoms with E-state index >= 15 is 0 Å². The molecule has 7 heteroatoms. The van der Waals surface area contributed by atoms with E-state index in [1.807, 2.05) is 30.3 Å². The molecule has 1 atom stereocenters. The molecule has 0 bridgehead atoms. The van der Waals surface area contributed by atoms with E-state index in [1.54, 1.807) is 0 Å². The maximum Gasteiger partial charge on any atom is 0.312 e. The number of halogens is 3. The molecule has 4 nitrogen and oxygen atoms in total. The van der Waals surface area contributed by atoms with E-state index in [-0.39, 0.29) is 6.61 Å². The van der Waals surface area contributed by atoms with Crippen molar-refractivity contribution in [2.45, 2.75) is 12.8 Å². The van der Waals surface area contributed by atoms with Crippen LogP contribution in [-0.2, 0) is 11.2 Å². The van der Waals surface area contributed by atoms with E-state index < -0.39 is 35.1 Å². The van der Waals surface area contributed by atoms with Crippen molar-refractivity contribution >= 4 is 11.5 Å². The number of carboxylic acids is 1. The first-order valence-corrected chi connectivity index (χ1v) is 8.97. The molecule has 0 aromatic heterocycles. The minimum Gasteiger partial charge on any atom is -0.488 e. The van der Waals surface area contributed by atoms with Gasteiger partial charge in [0.05, 0.1) is 12.5 Å². The Kier molecular flexibility index (Phi) is 6.36. The molecular weight excluding hydrogens is 371 g/mol. The molecule has 0 aliphatic carbocycles. The third kappa shape index (κ3) is 4.36. The zero-order valence-electron chi connectivity index (χ0n) is 15.1. The van der Waals surface area contributed by atoms with Crippen molar-refractivity contribution < 1.29 is 27.8 Å². The van der Waals surface area contributed by atoms with Crippen molar-refractivity contribution in [1.29, 1.82) is 0 Å². The molecule has 0 fully saturated rings. The summed E-state index contributed by atoms with van der Waals surface area (Å²) in [6, 6.07) is 8.98. The SMILES string of the molecule is O=C(O)C1CNCC=C1c1ccccc1CCCOc1c(F)ccc(F)c1F. The normalized spacial score (nSPS) is 16.5. The molecule has 1 aliphatic heterocycles. The standard InChI is InChI=1S/C21H20F3NO3/c22-17-7-8-18(23)20(19(17)24)28-11-3-5-13-4-1-2-6-14(13)15-9-10-25-12-16(15)21(26)27/h1-2,4,6-9,16,25H,3,5,10-12H2,(H,26,27). The molecule has 0 spiro atoms. The lowest BCUT2D eigenvalue weighted by atomic mass is 9.86. The molecule has 2 N–H and O–H groups in total. The smallest absolute Gasteiger partial charge is 0.312 e. The van der Waals surface area contributed by atoms with E-state index in [0.717, 1.165) is 22.8 Å². The van der Waals surface area contributed by atoms with Gasteiger partial charge < -0.3 is 15.2 Å². The lowest BCUT2D eigenvalue weighted by Gasteiger charge is -2.24. The third-order valence-corrected chi connectivity index (χ3v) is 4.66. The van der Waals surface area contributed by atoms with Crippen LogP contribution in [0.25, 0.3) is 5.57 Å². The number of rotatable bonds is 7. The Morgan fingerprint density at radius 2 is 1.89 bits per heavy atom. The predicted molar refractivity (Wildman–Crippen MR) is 98.5 cm³/mol. The maximum atomic E-state index is 13.6. The van der Waals surface area contributed by atoms with Crippen molar-refractivity contribution in [1.82, 2.24) is 5.32 Å². The molecular formula is C21H20F3NO3. The van der Waals surface area contributed by atoms with Crippen LogP contribution in [0.15, 0.2) is 42.5 Å². The highest BCUT2D eigenvalue weighted by atomic mass is 19.2. The molecule has 28 heavy (non-hydrogen) atoms. The largest absolute Gasteiger partial charge is 0.488 e. The summed E-state index contributed by atoms with van der Waals surface area (Å²) < 4.78 is 45.6. The number of aryl methyl sites for hydroxylation is 1. The van der Waals surface area contributed by atoms with Crippen LogP contribution in [0.2, 0.25) is 0 Å². The summed E-state index contributed by atoms with van der Waals surface area (Å²) in [5.74, 6) is -5.72. The van der Waals surface area contributed by atoms with E-state index in [1.165, 1.54) is 0 Å². The first-order valence-electron chi connectivity index (χ1n) is 8.97. The molecule has 2 aromatic carbocycles. The van der Waals surface area contributed by atoms with Gasteiger partial charge in [0.1, 0.15) is 0 Å². The van der Waals surface area contributed by atoms with Crippen LogP contribution in [0.4, 0.5) is 13.2 Å².